The molecule has 1 aliphatic carbocycles. The van der Waals surface area contributed by atoms with Gasteiger partial charge in [0.05, 0.1) is 20.3 Å². The zero-order valence-corrected chi connectivity index (χ0v) is 11.5. The molecule has 0 aromatic heterocycles. The van der Waals surface area contributed by atoms with E-state index in [1.54, 1.807) is 14.2 Å². The average molecular weight is 260 g/mol. The smallest absolute Gasteiger partial charge is 0.162 e. The van der Waals surface area contributed by atoms with Gasteiger partial charge in [0.15, 0.2) is 11.5 Å². The number of nitriles is 1. The number of hydrogen-bond acceptors (Lipinski definition) is 4. The molecule has 0 amide bonds. The number of benzene rings is 1. The summed E-state index contributed by atoms with van der Waals surface area (Å²) in [6, 6.07) is 8.66. The SMILES string of the molecule is COc1ccc(NC2CCC(C#N)CC2)cc1OC. The standard InChI is InChI=1S/C15H20N2O2/c1-18-14-8-7-13(9-15(14)19-2)17-12-5-3-11(10-16)4-6-12/h7-9,11-12,17H,3-6H2,1-2H3. The molecule has 1 N–H and O–H groups in total. The Morgan fingerprint density at radius 2 is 1.79 bits per heavy atom. The van der Waals surface area contributed by atoms with Crippen LogP contribution in [0.3, 0.4) is 0 Å². The number of ether oxygens (including phenoxy) is 2. The van der Waals surface area contributed by atoms with Gasteiger partial charge in [0.25, 0.3) is 0 Å². The summed E-state index contributed by atoms with van der Waals surface area (Å²) in [7, 11) is 3.27. The van der Waals surface area contributed by atoms with Gasteiger partial charge in [-0.15, -0.1) is 0 Å². The van der Waals surface area contributed by atoms with E-state index in [0.717, 1.165) is 42.9 Å². The van der Waals surface area contributed by atoms with Crippen LogP contribution in [0.5, 0.6) is 11.5 Å². The highest BCUT2D eigenvalue weighted by atomic mass is 16.5. The lowest BCUT2D eigenvalue weighted by Crippen LogP contribution is -2.25. The van der Waals surface area contributed by atoms with Crippen molar-refractivity contribution in [3.8, 4) is 17.6 Å². The van der Waals surface area contributed by atoms with Crippen LogP contribution in [0, 0.1) is 17.2 Å². The van der Waals surface area contributed by atoms with Gasteiger partial charge < -0.3 is 14.8 Å². The zero-order chi connectivity index (χ0) is 13.7. The zero-order valence-electron chi connectivity index (χ0n) is 11.5. The molecule has 0 heterocycles. The van der Waals surface area contributed by atoms with Crippen LogP contribution >= 0.6 is 0 Å². The molecular weight excluding hydrogens is 240 g/mol. The molecule has 0 spiro atoms. The van der Waals surface area contributed by atoms with Gasteiger partial charge in [0.1, 0.15) is 0 Å². The fourth-order valence-corrected chi connectivity index (χ4v) is 2.53. The average Bonchev–Trinajstić information content (AvgIpc) is 2.48. The summed E-state index contributed by atoms with van der Waals surface area (Å²) in [5.41, 5.74) is 1.04. The van der Waals surface area contributed by atoms with Crippen molar-refractivity contribution < 1.29 is 9.47 Å². The van der Waals surface area contributed by atoms with Crippen LogP contribution in [0.25, 0.3) is 0 Å². The minimum absolute atomic E-state index is 0.239. The second-order valence-electron chi connectivity index (χ2n) is 4.89. The van der Waals surface area contributed by atoms with Crippen LogP contribution in [0.1, 0.15) is 25.7 Å². The Morgan fingerprint density at radius 3 is 2.37 bits per heavy atom. The highest BCUT2D eigenvalue weighted by Crippen LogP contribution is 2.32. The van der Waals surface area contributed by atoms with Crippen LogP contribution in [-0.2, 0) is 0 Å². The number of methoxy groups -OCH3 is 2. The number of anilines is 1. The summed E-state index contributed by atoms with van der Waals surface area (Å²) in [4.78, 5) is 0. The van der Waals surface area contributed by atoms with E-state index < -0.39 is 0 Å². The molecule has 0 atom stereocenters. The molecular formula is C15H20N2O2. The first-order chi connectivity index (χ1) is 9.26. The monoisotopic (exact) mass is 260 g/mol. The highest BCUT2D eigenvalue weighted by molar-refractivity contribution is 5.55. The third-order valence-corrected chi connectivity index (χ3v) is 3.66. The van der Waals surface area contributed by atoms with Crippen LogP contribution in [0.2, 0.25) is 0 Å². The van der Waals surface area contributed by atoms with E-state index in [0.29, 0.717) is 6.04 Å². The summed E-state index contributed by atoms with van der Waals surface area (Å²) in [6.45, 7) is 0. The van der Waals surface area contributed by atoms with E-state index in [-0.39, 0.29) is 5.92 Å². The summed E-state index contributed by atoms with van der Waals surface area (Å²) in [6.07, 6.45) is 4.07. The molecule has 0 radical (unpaired) electrons. The Hall–Kier alpha value is -1.89. The summed E-state index contributed by atoms with van der Waals surface area (Å²) >= 11 is 0. The van der Waals surface area contributed by atoms with Gasteiger partial charge >= 0.3 is 0 Å². The molecule has 0 bridgehead atoms. The van der Waals surface area contributed by atoms with Crippen LogP contribution in [0.4, 0.5) is 5.69 Å². The van der Waals surface area contributed by atoms with Crippen molar-refractivity contribution in [2.24, 2.45) is 5.92 Å². The predicted octanol–water partition coefficient (Wildman–Crippen LogP) is 3.20. The van der Waals surface area contributed by atoms with E-state index in [1.165, 1.54) is 0 Å². The third kappa shape index (κ3) is 3.31. The topological polar surface area (TPSA) is 54.3 Å². The van der Waals surface area contributed by atoms with Crippen molar-refractivity contribution in [1.82, 2.24) is 0 Å². The molecule has 4 heteroatoms. The molecule has 1 aromatic carbocycles. The summed E-state index contributed by atoms with van der Waals surface area (Å²) in [5, 5.41) is 12.4. The number of hydrogen-bond donors (Lipinski definition) is 1. The van der Waals surface area contributed by atoms with Gasteiger partial charge in [-0.3, -0.25) is 0 Å². The van der Waals surface area contributed by atoms with E-state index in [2.05, 4.69) is 11.4 Å². The molecule has 1 aromatic rings. The largest absolute Gasteiger partial charge is 0.493 e. The first kappa shape index (κ1) is 13.5. The molecule has 1 saturated carbocycles. The van der Waals surface area contributed by atoms with E-state index in [9.17, 15) is 0 Å². The molecule has 0 unspecified atom stereocenters. The van der Waals surface area contributed by atoms with Crippen molar-refractivity contribution in [2.75, 3.05) is 19.5 Å². The Morgan fingerprint density at radius 1 is 1.11 bits per heavy atom. The molecule has 4 nitrogen and oxygen atoms in total. The number of rotatable bonds is 4. The van der Waals surface area contributed by atoms with Gasteiger partial charge in [-0.1, -0.05) is 0 Å². The predicted molar refractivity (Wildman–Crippen MR) is 74.5 cm³/mol. The van der Waals surface area contributed by atoms with Gasteiger partial charge in [-0.25, -0.2) is 0 Å². The van der Waals surface area contributed by atoms with Crippen molar-refractivity contribution in [3.63, 3.8) is 0 Å². The summed E-state index contributed by atoms with van der Waals surface area (Å²) in [5.74, 6) is 1.71. The highest BCUT2D eigenvalue weighted by Gasteiger charge is 2.20. The van der Waals surface area contributed by atoms with Crippen LogP contribution in [-0.4, -0.2) is 20.3 Å². The number of nitrogens with one attached hydrogen (secondary N) is 1. The molecule has 0 aliphatic heterocycles. The van der Waals surface area contributed by atoms with Gasteiger partial charge in [-0.05, 0) is 37.8 Å². The Kier molecular flexibility index (Phi) is 4.51. The van der Waals surface area contributed by atoms with Crippen molar-refractivity contribution in [2.45, 2.75) is 31.7 Å². The molecule has 1 aliphatic rings. The van der Waals surface area contributed by atoms with E-state index in [4.69, 9.17) is 14.7 Å². The van der Waals surface area contributed by atoms with Crippen LogP contribution in [0.15, 0.2) is 18.2 Å². The first-order valence-corrected chi connectivity index (χ1v) is 6.65. The first-order valence-electron chi connectivity index (χ1n) is 6.65. The summed E-state index contributed by atoms with van der Waals surface area (Å²) < 4.78 is 10.5. The van der Waals surface area contributed by atoms with E-state index in [1.807, 2.05) is 18.2 Å². The molecule has 2 rings (SSSR count). The van der Waals surface area contributed by atoms with Gasteiger partial charge in [0, 0.05) is 23.7 Å². The number of nitrogens with zero attached hydrogens (tertiary/aromatic N) is 1. The minimum Gasteiger partial charge on any atom is -0.493 e. The normalized spacial score (nSPS) is 22.4. The second-order valence-corrected chi connectivity index (χ2v) is 4.89. The maximum absolute atomic E-state index is 8.89. The maximum atomic E-state index is 8.89. The van der Waals surface area contributed by atoms with E-state index >= 15 is 0 Å². The fourth-order valence-electron chi connectivity index (χ4n) is 2.53. The van der Waals surface area contributed by atoms with Crippen LogP contribution < -0.4 is 14.8 Å². The lowest BCUT2D eigenvalue weighted by atomic mass is 9.87. The second kappa shape index (κ2) is 6.33. The molecule has 19 heavy (non-hydrogen) atoms. The maximum Gasteiger partial charge on any atom is 0.162 e. The Balaban J connectivity index is 1.98. The fraction of sp³-hybridized carbons (Fsp3) is 0.533. The van der Waals surface area contributed by atoms with Crippen molar-refractivity contribution in [1.29, 1.82) is 5.26 Å². The van der Waals surface area contributed by atoms with Crippen molar-refractivity contribution >= 4 is 5.69 Å². The van der Waals surface area contributed by atoms with Crippen molar-refractivity contribution in [3.05, 3.63) is 18.2 Å². The molecule has 1 fully saturated rings. The third-order valence-electron chi connectivity index (χ3n) is 3.66. The Labute approximate surface area is 114 Å². The lowest BCUT2D eigenvalue weighted by Gasteiger charge is -2.26. The molecule has 102 valence electrons. The Bertz CT molecular complexity index is 460. The lowest BCUT2D eigenvalue weighted by molar-refractivity contribution is 0.355. The minimum atomic E-state index is 0.239. The quantitative estimate of drug-likeness (QED) is 0.903. The van der Waals surface area contributed by atoms with Gasteiger partial charge in [0.2, 0.25) is 0 Å². The van der Waals surface area contributed by atoms with Gasteiger partial charge in [-0.2, -0.15) is 5.26 Å². The molecule has 0 saturated heterocycles.